The summed E-state index contributed by atoms with van der Waals surface area (Å²) in [4.78, 5) is 18.7. The van der Waals surface area contributed by atoms with Gasteiger partial charge >= 0.3 is 0 Å². The van der Waals surface area contributed by atoms with Crippen molar-refractivity contribution in [3.8, 4) is 5.75 Å². The Morgan fingerprint density at radius 1 is 1.28 bits per heavy atom. The van der Waals surface area contributed by atoms with Crippen LogP contribution in [0.2, 0.25) is 5.02 Å². The minimum atomic E-state index is -0.748. The SMILES string of the molecule is CNc1cnc(N)c(C(=N)OC)c1.Cc1ccc(COc2ccc(Cl)c(C=O)c2F)cn1. The average Bonchev–Trinajstić information content (AvgIpc) is 2.80. The molecule has 1 aromatic carbocycles. The van der Waals surface area contributed by atoms with Crippen molar-refractivity contribution < 1.29 is 18.7 Å². The summed E-state index contributed by atoms with van der Waals surface area (Å²) in [5.41, 5.74) is 8.37. The quantitative estimate of drug-likeness (QED) is 0.286. The lowest BCUT2D eigenvalue weighted by Crippen LogP contribution is -2.08. The van der Waals surface area contributed by atoms with Crippen molar-refractivity contribution >= 4 is 35.3 Å². The van der Waals surface area contributed by atoms with Crippen LogP contribution in [0.1, 0.15) is 27.2 Å². The normalized spacial score (nSPS) is 9.91. The molecule has 10 heteroatoms. The lowest BCUT2D eigenvalue weighted by atomic mass is 10.2. The van der Waals surface area contributed by atoms with E-state index in [0.29, 0.717) is 17.7 Å². The number of carbonyl (C=O) groups excluding carboxylic acids is 1. The predicted molar refractivity (Wildman–Crippen MR) is 122 cm³/mol. The number of nitrogens with two attached hydrogens (primary N) is 1. The summed E-state index contributed by atoms with van der Waals surface area (Å²) in [6.07, 6.45) is 3.63. The molecule has 0 radical (unpaired) electrons. The molecule has 0 saturated carbocycles. The van der Waals surface area contributed by atoms with Gasteiger partial charge in [0, 0.05) is 24.5 Å². The first-order chi connectivity index (χ1) is 15.3. The Hall–Kier alpha value is -3.72. The zero-order chi connectivity index (χ0) is 23.7. The highest BCUT2D eigenvalue weighted by Crippen LogP contribution is 2.26. The first-order valence-corrected chi connectivity index (χ1v) is 9.72. The monoisotopic (exact) mass is 459 g/mol. The van der Waals surface area contributed by atoms with Crippen LogP contribution in [0.4, 0.5) is 15.9 Å². The number of nitrogen functional groups attached to an aromatic ring is 1. The molecule has 0 saturated heterocycles. The Morgan fingerprint density at radius 2 is 2.03 bits per heavy atom. The number of benzene rings is 1. The van der Waals surface area contributed by atoms with Gasteiger partial charge in [-0.05, 0) is 31.2 Å². The minimum absolute atomic E-state index is 0.00734. The van der Waals surface area contributed by atoms with Crippen molar-refractivity contribution in [1.82, 2.24) is 9.97 Å². The molecule has 0 aliphatic heterocycles. The topological polar surface area (TPSA) is 123 Å². The molecule has 4 N–H and O–H groups in total. The number of aromatic nitrogens is 2. The number of pyridine rings is 2. The smallest absolute Gasteiger partial charge is 0.216 e. The van der Waals surface area contributed by atoms with E-state index in [1.807, 2.05) is 19.1 Å². The van der Waals surface area contributed by atoms with Gasteiger partial charge < -0.3 is 20.5 Å². The zero-order valence-electron chi connectivity index (χ0n) is 17.8. The summed E-state index contributed by atoms with van der Waals surface area (Å²) < 4.78 is 23.9. The molecule has 0 unspecified atom stereocenters. The van der Waals surface area contributed by atoms with Gasteiger partial charge in [0.25, 0.3) is 0 Å². The van der Waals surface area contributed by atoms with Crippen molar-refractivity contribution in [2.75, 3.05) is 25.2 Å². The third-order valence-electron chi connectivity index (χ3n) is 4.23. The largest absolute Gasteiger partial charge is 0.486 e. The van der Waals surface area contributed by atoms with E-state index >= 15 is 0 Å². The second-order valence-corrected chi connectivity index (χ2v) is 6.83. The lowest BCUT2D eigenvalue weighted by Gasteiger charge is -2.09. The third kappa shape index (κ3) is 6.39. The van der Waals surface area contributed by atoms with E-state index in [1.165, 1.54) is 19.2 Å². The van der Waals surface area contributed by atoms with Crippen LogP contribution in [0.5, 0.6) is 5.75 Å². The molecule has 168 valence electrons. The van der Waals surface area contributed by atoms with Gasteiger partial charge in [0.1, 0.15) is 12.4 Å². The summed E-state index contributed by atoms with van der Waals surface area (Å²) in [5.74, 6) is -0.442. The molecule has 0 amide bonds. The first kappa shape index (κ1) is 24.5. The highest BCUT2D eigenvalue weighted by Gasteiger charge is 2.13. The summed E-state index contributed by atoms with van der Waals surface area (Å²) >= 11 is 5.70. The molecule has 2 aromatic heterocycles. The first-order valence-electron chi connectivity index (χ1n) is 9.34. The number of aryl methyl sites for hydroxylation is 1. The van der Waals surface area contributed by atoms with Gasteiger partial charge in [0.15, 0.2) is 17.9 Å². The molecule has 0 spiro atoms. The number of methoxy groups -OCH3 is 1. The minimum Gasteiger partial charge on any atom is -0.486 e. The molecule has 0 fully saturated rings. The number of rotatable bonds is 6. The number of carbonyl (C=O) groups is 1. The van der Waals surface area contributed by atoms with E-state index < -0.39 is 5.82 Å². The van der Waals surface area contributed by atoms with Crippen molar-refractivity contribution in [3.05, 3.63) is 75.9 Å². The lowest BCUT2D eigenvalue weighted by molar-refractivity contribution is 0.111. The Labute approximate surface area is 190 Å². The van der Waals surface area contributed by atoms with Gasteiger partial charge in [0.2, 0.25) is 5.90 Å². The molecule has 3 aromatic rings. The van der Waals surface area contributed by atoms with Gasteiger partial charge in [-0.2, -0.15) is 0 Å². The maximum absolute atomic E-state index is 13.8. The van der Waals surface area contributed by atoms with Crippen LogP contribution < -0.4 is 15.8 Å². The number of hydrogen-bond acceptors (Lipinski definition) is 8. The highest BCUT2D eigenvalue weighted by molar-refractivity contribution is 6.33. The van der Waals surface area contributed by atoms with Crippen LogP contribution in [-0.2, 0) is 11.3 Å². The van der Waals surface area contributed by atoms with E-state index in [0.717, 1.165) is 16.9 Å². The van der Waals surface area contributed by atoms with Crippen LogP contribution in [0.25, 0.3) is 0 Å². The fourth-order valence-corrected chi connectivity index (χ4v) is 2.61. The van der Waals surface area contributed by atoms with Crippen LogP contribution >= 0.6 is 11.6 Å². The van der Waals surface area contributed by atoms with Gasteiger partial charge in [0.05, 0.1) is 35.1 Å². The number of nitrogens with one attached hydrogen (secondary N) is 2. The average molecular weight is 460 g/mol. The number of nitrogens with zero attached hydrogens (tertiary/aromatic N) is 2. The third-order valence-corrected chi connectivity index (χ3v) is 4.56. The van der Waals surface area contributed by atoms with Crippen LogP contribution in [0, 0.1) is 18.2 Å². The van der Waals surface area contributed by atoms with E-state index in [9.17, 15) is 9.18 Å². The number of hydrogen-bond donors (Lipinski definition) is 3. The number of anilines is 2. The van der Waals surface area contributed by atoms with Crippen LogP contribution in [-0.4, -0.2) is 36.3 Å². The molecule has 8 nitrogen and oxygen atoms in total. The Morgan fingerprint density at radius 3 is 2.62 bits per heavy atom. The molecule has 2 heterocycles. The number of halogens is 2. The Kier molecular flexibility index (Phi) is 8.91. The molecule has 32 heavy (non-hydrogen) atoms. The molecular weight excluding hydrogens is 437 g/mol. The maximum atomic E-state index is 13.8. The van der Waals surface area contributed by atoms with Crippen LogP contribution in [0.15, 0.2) is 42.7 Å². The second-order valence-electron chi connectivity index (χ2n) is 6.43. The van der Waals surface area contributed by atoms with E-state index in [-0.39, 0.29) is 28.8 Å². The summed E-state index contributed by atoms with van der Waals surface area (Å²) in [6.45, 7) is 2.05. The highest BCUT2D eigenvalue weighted by atomic mass is 35.5. The zero-order valence-corrected chi connectivity index (χ0v) is 18.5. The maximum Gasteiger partial charge on any atom is 0.216 e. The Bertz CT molecular complexity index is 1090. The van der Waals surface area contributed by atoms with Crippen molar-refractivity contribution in [2.45, 2.75) is 13.5 Å². The van der Waals surface area contributed by atoms with E-state index in [1.54, 1.807) is 25.5 Å². The van der Waals surface area contributed by atoms with Gasteiger partial charge in [-0.25, -0.2) is 9.37 Å². The Balaban J connectivity index is 0.000000244. The molecule has 0 aliphatic carbocycles. The van der Waals surface area contributed by atoms with Gasteiger partial charge in [-0.15, -0.1) is 0 Å². The van der Waals surface area contributed by atoms with Gasteiger partial charge in [-0.1, -0.05) is 17.7 Å². The molecule has 0 aliphatic rings. The molecule has 0 bridgehead atoms. The predicted octanol–water partition coefficient (Wildman–Crippen LogP) is 4.25. The van der Waals surface area contributed by atoms with Crippen molar-refractivity contribution in [2.24, 2.45) is 0 Å². The second kappa shape index (κ2) is 11.6. The summed E-state index contributed by atoms with van der Waals surface area (Å²) in [5, 5.41) is 10.4. The van der Waals surface area contributed by atoms with E-state index in [2.05, 4.69) is 15.3 Å². The summed E-state index contributed by atoms with van der Waals surface area (Å²) in [7, 11) is 3.20. The van der Waals surface area contributed by atoms with Gasteiger partial charge in [-0.3, -0.25) is 15.2 Å². The standard InChI is InChI=1S/C14H11ClFNO2.C8H12N4O/c1-9-2-3-10(6-17-9)8-19-13-5-4-12(15)11(7-18)14(13)16;1-11-5-3-6(8(10)13-2)7(9)12-4-5/h2-7H,8H2,1H3;3-4,10-11H,1-2H3,(H2,9,12). The van der Waals surface area contributed by atoms with Crippen LogP contribution in [0.3, 0.4) is 0 Å². The molecular formula is C22H23ClFN5O3. The van der Waals surface area contributed by atoms with Crippen molar-refractivity contribution in [3.63, 3.8) is 0 Å². The number of ether oxygens (including phenoxy) is 2. The molecule has 3 rings (SSSR count). The molecule has 0 atom stereocenters. The fraction of sp³-hybridized carbons (Fsp3) is 0.182. The van der Waals surface area contributed by atoms with E-state index in [4.69, 9.17) is 32.2 Å². The fourth-order valence-electron chi connectivity index (χ4n) is 2.42. The van der Waals surface area contributed by atoms with Crippen molar-refractivity contribution in [1.29, 1.82) is 5.41 Å². The summed E-state index contributed by atoms with van der Waals surface area (Å²) in [6, 6.07) is 8.22. The number of aldehydes is 1.